The molecule has 0 saturated heterocycles. The molecule has 0 aromatic heterocycles. The second-order valence-corrected chi connectivity index (χ2v) is 12.3. The number of unbranched alkanes of at least 4 members (excludes halogenated alkanes) is 24. The van der Waals surface area contributed by atoms with Crippen molar-refractivity contribution in [3.63, 3.8) is 0 Å². The third-order valence-electron chi connectivity index (χ3n) is 8.24. The number of aliphatic hydroxyl groups excluding tert-OH is 2. The van der Waals surface area contributed by atoms with Crippen LogP contribution in [0.2, 0.25) is 0 Å². The molecule has 3 N–H and O–H groups in total. The van der Waals surface area contributed by atoms with E-state index in [0.717, 1.165) is 19.3 Å². The van der Waals surface area contributed by atoms with Gasteiger partial charge in [-0.1, -0.05) is 186 Å². The topological polar surface area (TPSA) is 69.6 Å². The summed E-state index contributed by atoms with van der Waals surface area (Å²) in [6.07, 6.45) is 41.3. The van der Waals surface area contributed by atoms with Gasteiger partial charge in [0.25, 0.3) is 0 Å². The minimum atomic E-state index is -0.882. The van der Waals surface area contributed by atoms with Gasteiger partial charge < -0.3 is 15.5 Å². The number of carbonyl (C=O) groups excluding carboxylic acids is 1. The first-order valence-corrected chi connectivity index (χ1v) is 18.1. The van der Waals surface area contributed by atoms with Crippen LogP contribution in [-0.4, -0.2) is 34.9 Å². The van der Waals surface area contributed by atoms with Gasteiger partial charge in [-0.05, 0) is 19.3 Å². The first-order chi connectivity index (χ1) is 20.2. The molecule has 0 aliphatic rings. The predicted molar refractivity (Wildman–Crippen MR) is 179 cm³/mol. The maximum Gasteiger partial charge on any atom is 0.220 e. The van der Waals surface area contributed by atoms with Crippen molar-refractivity contribution < 1.29 is 15.0 Å². The van der Waals surface area contributed by atoms with Crippen LogP contribution < -0.4 is 5.32 Å². The van der Waals surface area contributed by atoms with Crippen molar-refractivity contribution in [2.24, 2.45) is 0 Å². The molecule has 0 bridgehead atoms. The molecular formula is C37H71NO3. The zero-order valence-corrected chi connectivity index (χ0v) is 27.6. The van der Waals surface area contributed by atoms with E-state index < -0.39 is 12.1 Å². The normalized spacial score (nSPS) is 13.4. The van der Waals surface area contributed by atoms with Crippen LogP contribution in [0.4, 0.5) is 0 Å². The van der Waals surface area contributed by atoms with Crippen LogP contribution in [0, 0.1) is 0 Å². The third kappa shape index (κ3) is 30.1. The summed E-state index contributed by atoms with van der Waals surface area (Å²) < 4.78 is 0. The van der Waals surface area contributed by atoms with Crippen LogP contribution in [0.25, 0.3) is 0 Å². The molecule has 0 saturated carbocycles. The number of rotatable bonds is 32. The molecule has 1 amide bonds. The Hall–Kier alpha value is -1.13. The van der Waals surface area contributed by atoms with Gasteiger partial charge in [-0.3, -0.25) is 4.79 Å². The first-order valence-electron chi connectivity index (χ1n) is 18.1. The summed E-state index contributed by atoms with van der Waals surface area (Å²) in [5.74, 6) is -0.0814. The molecule has 242 valence electrons. The Balaban J connectivity index is 3.58. The molecule has 4 nitrogen and oxygen atoms in total. The van der Waals surface area contributed by atoms with E-state index in [2.05, 4.69) is 25.2 Å². The number of carbonyl (C=O) groups is 1. The zero-order valence-electron chi connectivity index (χ0n) is 27.6. The Bertz CT molecular complexity index is 589. The van der Waals surface area contributed by atoms with E-state index in [9.17, 15) is 15.0 Å². The molecule has 0 radical (unpaired) electrons. The quantitative estimate of drug-likeness (QED) is 0.0550. The Morgan fingerprint density at radius 3 is 1.39 bits per heavy atom. The number of amides is 1. The van der Waals surface area contributed by atoms with E-state index in [1.165, 1.54) is 148 Å². The van der Waals surface area contributed by atoms with Gasteiger partial charge in [-0.15, -0.1) is 0 Å². The van der Waals surface area contributed by atoms with E-state index in [4.69, 9.17) is 0 Å². The van der Waals surface area contributed by atoms with Crippen molar-refractivity contribution in [2.45, 2.75) is 199 Å². The summed E-state index contributed by atoms with van der Waals surface area (Å²) in [6.45, 7) is 4.25. The summed E-state index contributed by atoms with van der Waals surface area (Å²) in [7, 11) is 0. The van der Waals surface area contributed by atoms with Crippen LogP contribution in [0.15, 0.2) is 24.3 Å². The highest BCUT2D eigenvalue weighted by Crippen LogP contribution is 2.15. The lowest BCUT2D eigenvalue weighted by molar-refractivity contribution is -0.123. The van der Waals surface area contributed by atoms with E-state index in [1.807, 2.05) is 12.2 Å². The lowest BCUT2D eigenvalue weighted by Gasteiger charge is -2.19. The lowest BCUT2D eigenvalue weighted by Crippen LogP contribution is -2.45. The summed E-state index contributed by atoms with van der Waals surface area (Å²) >= 11 is 0. The smallest absolute Gasteiger partial charge is 0.220 e. The molecule has 2 atom stereocenters. The second-order valence-electron chi connectivity index (χ2n) is 12.3. The largest absolute Gasteiger partial charge is 0.394 e. The SMILES string of the molecule is CCCCCCCC/C=C/C=C/[C@@H](O)[C@H](CO)NC(=O)CCCCCCCCCCCCCCCCCCCCC. The minimum Gasteiger partial charge on any atom is -0.394 e. The van der Waals surface area contributed by atoms with Crippen molar-refractivity contribution in [3.8, 4) is 0 Å². The molecule has 0 aromatic rings. The minimum absolute atomic E-state index is 0.0814. The fraction of sp³-hybridized carbons (Fsp3) is 0.865. The monoisotopic (exact) mass is 578 g/mol. The van der Waals surface area contributed by atoms with Crippen LogP contribution in [0.5, 0.6) is 0 Å². The number of hydrogen-bond acceptors (Lipinski definition) is 3. The van der Waals surface area contributed by atoms with Crippen molar-refractivity contribution in [1.29, 1.82) is 0 Å². The second kappa shape index (κ2) is 33.4. The van der Waals surface area contributed by atoms with E-state index in [1.54, 1.807) is 6.08 Å². The van der Waals surface area contributed by atoms with Gasteiger partial charge in [0.1, 0.15) is 0 Å². The molecule has 0 rings (SSSR count). The number of allylic oxidation sites excluding steroid dienone is 3. The summed E-state index contributed by atoms with van der Waals surface area (Å²) in [4.78, 5) is 12.3. The molecule has 0 aliphatic heterocycles. The van der Waals surface area contributed by atoms with E-state index >= 15 is 0 Å². The number of aliphatic hydroxyl groups is 2. The van der Waals surface area contributed by atoms with E-state index in [-0.39, 0.29) is 12.5 Å². The standard InChI is InChI=1S/C37H71NO3/c1-3-5-7-9-11-13-15-16-17-18-19-20-21-22-23-25-27-29-31-33-37(41)38-35(34-39)36(40)32-30-28-26-24-14-12-10-8-6-4-2/h26,28,30,32,35-36,39-40H,3-25,27,29,31,33-34H2,1-2H3,(H,38,41)/b28-26+,32-30+/t35-,36+/m0/s1. The molecule has 0 spiro atoms. The van der Waals surface area contributed by atoms with Crippen molar-refractivity contribution in [3.05, 3.63) is 24.3 Å². The lowest BCUT2D eigenvalue weighted by atomic mass is 10.0. The zero-order chi connectivity index (χ0) is 30.1. The highest BCUT2D eigenvalue weighted by Gasteiger charge is 2.17. The highest BCUT2D eigenvalue weighted by atomic mass is 16.3. The molecule has 0 fully saturated rings. The number of hydrogen-bond donors (Lipinski definition) is 3. The van der Waals surface area contributed by atoms with Crippen molar-refractivity contribution in [2.75, 3.05) is 6.61 Å². The maximum atomic E-state index is 12.3. The molecule has 0 unspecified atom stereocenters. The van der Waals surface area contributed by atoms with Crippen LogP contribution >= 0.6 is 0 Å². The van der Waals surface area contributed by atoms with Gasteiger partial charge in [0, 0.05) is 6.42 Å². The molecule has 0 aromatic carbocycles. The van der Waals surface area contributed by atoms with Gasteiger partial charge in [0.15, 0.2) is 0 Å². The van der Waals surface area contributed by atoms with Gasteiger partial charge in [-0.2, -0.15) is 0 Å². The van der Waals surface area contributed by atoms with Crippen LogP contribution in [0.3, 0.4) is 0 Å². The third-order valence-corrected chi connectivity index (χ3v) is 8.24. The average Bonchev–Trinajstić information content (AvgIpc) is 2.97. The molecular weight excluding hydrogens is 506 g/mol. The van der Waals surface area contributed by atoms with Crippen LogP contribution in [0.1, 0.15) is 187 Å². The summed E-state index contributed by atoms with van der Waals surface area (Å²) in [6, 6.07) is -0.647. The van der Waals surface area contributed by atoms with Gasteiger partial charge >= 0.3 is 0 Å². The van der Waals surface area contributed by atoms with Gasteiger partial charge in [0.05, 0.1) is 18.8 Å². The molecule has 4 heteroatoms. The average molecular weight is 578 g/mol. The maximum absolute atomic E-state index is 12.3. The highest BCUT2D eigenvalue weighted by molar-refractivity contribution is 5.76. The molecule has 41 heavy (non-hydrogen) atoms. The summed E-state index contributed by atoms with van der Waals surface area (Å²) in [5, 5.41) is 22.7. The summed E-state index contributed by atoms with van der Waals surface area (Å²) in [5.41, 5.74) is 0. The Kier molecular flexibility index (Phi) is 32.5. The Morgan fingerprint density at radius 2 is 0.976 bits per heavy atom. The van der Waals surface area contributed by atoms with E-state index in [0.29, 0.717) is 6.42 Å². The first kappa shape index (κ1) is 39.9. The molecule has 0 aliphatic carbocycles. The van der Waals surface area contributed by atoms with Crippen molar-refractivity contribution in [1.82, 2.24) is 5.32 Å². The van der Waals surface area contributed by atoms with Gasteiger partial charge in [0.2, 0.25) is 5.91 Å². The van der Waals surface area contributed by atoms with Crippen molar-refractivity contribution >= 4 is 5.91 Å². The fourth-order valence-electron chi connectivity index (χ4n) is 5.41. The Labute approximate surface area is 256 Å². The number of nitrogens with one attached hydrogen (secondary N) is 1. The fourth-order valence-corrected chi connectivity index (χ4v) is 5.41. The van der Waals surface area contributed by atoms with Crippen LogP contribution in [-0.2, 0) is 4.79 Å². The Morgan fingerprint density at radius 1 is 0.585 bits per heavy atom. The predicted octanol–water partition coefficient (Wildman–Crippen LogP) is 10.5. The molecule has 0 heterocycles. The van der Waals surface area contributed by atoms with Gasteiger partial charge in [-0.25, -0.2) is 0 Å².